The molecule has 2 aromatic rings. The molecule has 0 fully saturated rings. The molecular weight excluding hydrogens is 242 g/mol. The molecule has 0 aliphatic rings. The monoisotopic (exact) mass is 251 g/mol. The fourth-order valence-corrected chi connectivity index (χ4v) is 1.47. The Bertz CT molecular complexity index is 566. The van der Waals surface area contributed by atoms with Crippen molar-refractivity contribution in [2.45, 2.75) is 13.8 Å². The second-order valence-electron chi connectivity index (χ2n) is 3.54. The van der Waals surface area contributed by atoms with E-state index in [1.165, 1.54) is 0 Å². The maximum atomic E-state index is 11.7. The normalized spacial score (nSPS) is 10.3. The van der Waals surface area contributed by atoms with Crippen LogP contribution in [0.15, 0.2) is 22.6 Å². The lowest BCUT2D eigenvalue weighted by molar-refractivity contribution is 0.0989. The van der Waals surface area contributed by atoms with Crippen LogP contribution in [0.25, 0.3) is 0 Å². The fraction of sp³-hybridized carbons (Fsp3) is 0.182. The van der Waals surface area contributed by atoms with E-state index in [2.05, 4.69) is 15.5 Å². The first kappa shape index (κ1) is 11.6. The number of nitrogens with one attached hydrogen (secondary N) is 1. The molecule has 1 amide bonds. The fourth-order valence-electron chi connectivity index (χ4n) is 1.29. The number of rotatable bonds is 2. The Morgan fingerprint density at radius 2 is 2.12 bits per heavy atom. The van der Waals surface area contributed by atoms with Gasteiger partial charge in [0.1, 0.15) is 0 Å². The third kappa shape index (κ3) is 2.62. The average molecular weight is 252 g/mol. The van der Waals surface area contributed by atoms with Crippen molar-refractivity contribution in [1.29, 1.82) is 0 Å². The molecule has 88 valence electrons. The summed E-state index contributed by atoms with van der Waals surface area (Å²) in [5.74, 6) is -0.171. The SMILES string of the molecule is Cc1nnc(C(=O)Nc2cc(Cl)ccc2C)o1. The number of anilines is 1. The summed E-state index contributed by atoms with van der Waals surface area (Å²) in [4.78, 5) is 11.7. The van der Waals surface area contributed by atoms with Crippen LogP contribution in [0.1, 0.15) is 22.1 Å². The van der Waals surface area contributed by atoms with Gasteiger partial charge in [-0.2, -0.15) is 0 Å². The number of aryl methyl sites for hydroxylation is 2. The van der Waals surface area contributed by atoms with Gasteiger partial charge in [-0.05, 0) is 24.6 Å². The van der Waals surface area contributed by atoms with Crippen LogP contribution < -0.4 is 5.32 Å². The molecule has 1 heterocycles. The molecule has 0 saturated carbocycles. The lowest BCUT2D eigenvalue weighted by Crippen LogP contribution is -2.13. The first-order valence-electron chi connectivity index (χ1n) is 4.94. The Labute approximate surface area is 103 Å². The molecule has 0 atom stereocenters. The maximum absolute atomic E-state index is 11.7. The van der Waals surface area contributed by atoms with Crippen LogP contribution in [0.2, 0.25) is 5.02 Å². The standard InChI is InChI=1S/C11H10ClN3O2/c1-6-3-4-8(12)5-9(6)13-10(16)11-15-14-7(2)17-11/h3-5H,1-2H3,(H,13,16). The second kappa shape index (κ2) is 4.55. The Morgan fingerprint density at radius 1 is 1.35 bits per heavy atom. The molecule has 1 aromatic carbocycles. The van der Waals surface area contributed by atoms with Crippen LogP contribution in [0, 0.1) is 13.8 Å². The number of carbonyl (C=O) groups is 1. The molecule has 0 bridgehead atoms. The maximum Gasteiger partial charge on any atom is 0.313 e. The molecule has 0 aliphatic heterocycles. The predicted molar refractivity (Wildman–Crippen MR) is 63.2 cm³/mol. The van der Waals surface area contributed by atoms with Gasteiger partial charge in [0.15, 0.2) is 0 Å². The van der Waals surface area contributed by atoms with Crippen molar-refractivity contribution >= 4 is 23.2 Å². The summed E-state index contributed by atoms with van der Waals surface area (Å²) >= 11 is 5.85. The lowest BCUT2D eigenvalue weighted by atomic mass is 10.2. The van der Waals surface area contributed by atoms with Crippen molar-refractivity contribution in [1.82, 2.24) is 10.2 Å². The molecule has 6 heteroatoms. The van der Waals surface area contributed by atoms with Crippen molar-refractivity contribution in [2.75, 3.05) is 5.32 Å². The van der Waals surface area contributed by atoms with E-state index in [1.807, 2.05) is 13.0 Å². The third-order valence-electron chi connectivity index (χ3n) is 2.17. The number of carbonyl (C=O) groups excluding carboxylic acids is 1. The van der Waals surface area contributed by atoms with Crippen LogP contribution in [-0.2, 0) is 0 Å². The minimum atomic E-state index is -0.448. The number of hydrogen-bond donors (Lipinski definition) is 1. The van der Waals surface area contributed by atoms with E-state index in [0.29, 0.717) is 16.6 Å². The van der Waals surface area contributed by atoms with Crippen molar-refractivity contribution in [3.8, 4) is 0 Å². The minimum absolute atomic E-state index is 0.0677. The van der Waals surface area contributed by atoms with Gasteiger partial charge >= 0.3 is 11.8 Å². The van der Waals surface area contributed by atoms with E-state index in [0.717, 1.165) is 5.56 Å². The van der Waals surface area contributed by atoms with Crippen LogP contribution in [0.4, 0.5) is 5.69 Å². The molecule has 17 heavy (non-hydrogen) atoms. The second-order valence-corrected chi connectivity index (χ2v) is 3.98. The number of halogens is 1. The predicted octanol–water partition coefficient (Wildman–Crippen LogP) is 2.59. The third-order valence-corrected chi connectivity index (χ3v) is 2.40. The summed E-state index contributed by atoms with van der Waals surface area (Å²) in [6, 6.07) is 5.23. The summed E-state index contributed by atoms with van der Waals surface area (Å²) in [7, 11) is 0. The number of amides is 1. The van der Waals surface area contributed by atoms with E-state index in [1.54, 1.807) is 19.1 Å². The van der Waals surface area contributed by atoms with E-state index in [-0.39, 0.29) is 5.89 Å². The van der Waals surface area contributed by atoms with Crippen LogP contribution in [-0.4, -0.2) is 16.1 Å². The Balaban J connectivity index is 2.21. The van der Waals surface area contributed by atoms with E-state index >= 15 is 0 Å². The van der Waals surface area contributed by atoms with Gasteiger partial charge in [-0.15, -0.1) is 10.2 Å². The lowest BCUT2D eigenvalue weighted by Gasteiger charge is -2.06. The highest BCUT2D eigenvalue weighted by atomic mass is 35.5. The summed E-state index contributed by atoms with van der Waals surface area (Å²) in [5.41, 5.74) is 1.53. The molecule has 0 unspecified atom stereocenters. The summed E-state index contributed by atoms with van der Waals surface area (Å²) in [6.45, 7) is 3.49. The molecule has 1 N–H and O–H groups in total. The van der Waals surface area contributed by atoms with Gasteiger partial charge in [0, 0.05) is 17.6 Å². The zero-order chi connectivity index (χ0) is 12.4. The van der Waals surface area contributed by atoms with Crippen LogP contribution >= 0.6 is 11.6 Å². The highest BCUT2D eigenvalue weighted by Crippen LogP contribution is 2.20. The smallest absolute Gasteiger partial charge is 0.313 e. The Morgan fingerprint density at radius 3 is 2.76 bits per heavy atom. The van der Waals surface area contributed by atoms with E-state index < -0.39 is 5.91 Å². The van der Waals surface area contributed by atoms with Crippen molar-refractivity contribution < 1.29 is 9.21 Å². The highest BCUT2D eigenvalue weighted by Gasteiger charge is 2.14. The Hall–Kier alpha value is -1.88. The number of hydrogen-bond acceptors (Lipinski definition) is 4. The molecule has 0 spiro atoms. The molecule has 2 rings (SSSR count). The van der Waals surface area contributed by atoms with Gasteiger partial charge < -0.3 is 9.73 Å². The summed E-state index contributed by atoms with van der Waals surface area (Å²) < 4.78 is 5.02. The largest absolute Gasteiger partial charge is 0.417 e. The Kier molecular flexibility index (Phi) is 3.10. The minimum Gasteiger partial charge on any atom is -0.417 e. The first-order valence-corrected chi connectivity index (χ1v) is 5.31. The van der Waals surface area contributed by atoms with Crippen molar-refractivity contribution in [3.05, 3.63) is 40.6 Å². The quantitative estimate of drug-likeness (QED) is 0.891. The van der Waals surface area contributed by atoms with Crippen molar-refractivity contribution in [2.24, 2.45) is 0 Å². The van der Waals surface area contributed by atoms with Gasteiger partial charge in [0.05, 0.1) is 0 Å². The molecule has 5 nitrogen and oxygen atoms in total. The first-order chi connectivity index (χ1) is 8.06. The van der Waals surface area contributed by atoms with Crippen molar-refractivity contribution in [3.63, 3.8) is 0 Å². The van der Waals surface area contributed by atoms with E-state index in [4.69, 9.17) is 16.0 Å². The van der Waals surface area contributed by atoms with E-state index in [9.17, 15) is 4.79 Å². The molecule has 1 aromatic heterocycles. The van der Waals surface area contributed by atoms with Crippen LogP contribution in [0.5, 0.6) is 0 Å². The average Bonchev–Trinajstić information content (AvgIpc) is 2.70. The molecule has 0 radical (unpaired) electrons. The zero-order valence-electron chi connectivity index (χ0n) is 9.32. The van der Waals surface area contributed by atoms with Crippen LogP contribution in [0.3, 0.4) is 0 Å². The summed E-state index contributed by atoms with van der Waals surface area (Å²) in [5, 5.41) is 10.4. The molecule has 0 aliphatic carbocycles. The van der Waals surface area contributed by atoms with Gasteiger partial charge in [-0.1, -0.05) is 17.7 Å². The van der Waals surface area contributed by atoms with Gasteiger partial charge in [-0.25, -0.2) is 0 Å². The van der Waals surface area contributed by atoms with Gasteiger partial charge in [-0.3, -0.25) is 4.79 Å². The topological polar surface area (TPSA) is 68.0 Å². The number of nitrogens with zero attached hydrogens (tertiary/aromatic N) is 2. The zero-order valence-corrected chi connectivity index (χ0v) is 10.1. The highest BCUT2D eigenvalue weighted by molar-refractivity contribution is 6.31. The number of aromatic nitrogens is 2. The molecular formula is C11H10ClN3O2. The molecule has 0 saturated heterocycles. The van der Waals surface area contributed by atoms with Gasteiger partial charge in [0.25, 0.3) is 0 Å². The number of benzene rings is 1. The van der Waals surface area contributed by atoms with Gasteiger partial charge in [0.2, 0.25) is 5.89 Å². The summed E-state index contributed by atoms with van der Waals surface area (Å²) in [6.07, 6.45) is 0.